The van der Waals surface area contributed by atoms with E-state index in [-0.39, 0.29) is 0 Å². The zero-order chi connectivity index (χ0) is 13.1. The first-order valence-electron chi connectivity index (χ1n) is 6.26. The van der Waals surface area contributed by atoms with E-state index >= 15 is 0 Å². The van der Waals surface area contributed by atoms with Crippen LogP contribution >= 0.6 is 15.9 Å². The number of hydrogen-bond acceptors (Lipinski definition) is 2. The van der Waals surface area contributed by atoms with Crippen molar-refractivity contribution in [1.29, 1.82) is 0 Å². The average Bonchev–Trinajstić information content (AvgIpc) is 2.73. The third-order valence-electron chi connectivity index (χ3n) is 3.17. The molecule has 1 aromatic carbocycles. The highest BCUT2D eigenvalue weighted by atomic mass is 79.9. The minimum Gasteiger partial charge on any atom is -0.396 e. The number of nitrogens with two attached hydrogens (primary N) is 1. The van der Waals surface area contributed by atoms with E-state index in [1.54, 1.807) is 0 Å². The molecule has 1 aromatic heterocycles. The molecule has 0 aliphatic rings. The second-order valence-corrected chi connectivity index (χ2v) is 5.31. The van der Waals surface area contributed by atoms with Gasteiger partial charge in [0, 0.05) is 16.2 Å². The summed E-state index contributed by atoms with van der Waals surface area (Å²) in [6.45, 7) is 4.34. The van der Waals surface area contributed by atoms with Gasteiger partial charge in [-0.1, -0.05) is 41.9 Å². The van der Waals surface area contributed by atoms with Crippen LogP contribution in [0.25, 0.3) is 11.3 Å². The number of rotatable bonds is 4. The van der Waals surface area contributed by atoms with Gasteiger partial charge in [-0.25, -0.2) is 0 Å². The number of nitrogen functional groups attached to an aromatic ring is 1. The molecule has 18 heavy (non-hydrogen) atoms. The lowest BCUT2D eigenvalue weighted by Gasteiger charge is -2.12. The van der Waals surface area contributed by atoms with Crippen molar-refractivity contribution >= 4 is 21.6 Å². The zero-order valence-corrected chi connectivity index (χ0v) is 12.3. The highest BCUT2D eigenvalue weighted by molar-refractivity contribution is 9.10. The summed E-state index contributed by atoms with van der Waals surface area (Å²) in [5.41, 5.74) is 8.72. The molecule has 0 radical (unpaired) electrons. The topological polar surface area (TPSA) is 43.8 Å². The normalized spacial score (nSPS) is 11.1. The Labute approximate surface area is 116 Å². The van der Waals surface area contributed by atoms with Crippen molar-refractivity contribution in [2.75, 3.05) is 5.73 Å². The first kappa shape index (κ1) is 13.1. The Bertz CT molecular complexity index is 530. The molecule has 2 aromatic rings. The van der Waals surface area contributed by atoms with Crippen LogP contribution in [0.2, 0.25) is 0 Å². The SMILES string of the molecule is CCC(CC)n1cc(N)c(-c2cccc(Br)c2)n1. The maximum absolute atomic E-state index is 6.07. The number of aromatic nitrogens is 2. The number of nitrogens with zero attached hydrogens (tertiary/aromatic N) is 2. The van der Waals surface area contributed by atoms with E-state index in [1.165, 1.54) is 0 Å². The average molecular weight is 308 g/mol. The second kappa shape index (κ2) is 5.57. The van der Waals surface area contributed by atoms with Crippen LogP contribution in [0.15, 0.2) is 34.9 Å². The van der Waals surface area contributed by atoms with Crippen molar-refractivity contribution in [1.82, 2.24) is 9.78 Å². The minimum absolute atomic E-state index is 0.424. The molecule has 0 aliphatic carbocycles. The molecule has 2 N–H and O–H groups in total. The van der Waals surface area contributed by atoms with Crippen molar-refractivity contribution in [2.45, 2.75) is 32.7 Å². The minimum atomic E-state index is 0.424. The largest absolute Gasteiger partial charge is 0.396 e. The van der Waals surface area contributed by atoms with Gasteiger partial charge in [0.25, 0.3) is 0 Å². The lowest BCUT2D eigenvalue weighted by atomic mass is 10.1. The van der Waals surface area contributed by atoms with E-state index in [1.807, 2.05) is 35.1 Å². The summed E-state index contributed by atoms with van der Waals surface area (Å²) in [6, 6.07) is 8.48. The zero-order valence-electron chi connectivity index (χ0n) is 10.7. The van der Waals surface area contributed by atoms with E-state index in [9.17, 15) is 0 Å². The van der Waals surface area contributed by atoms with Crippen LogP contribution in [0.4, 0.5) is 5.69 Å². The van der Waals surface area contributed by atoms with Gasteiger partial charge >= 0.3 is 0 Å². The maximum atomic E-state index is 6.07. The molecule has 0 bridgehead atoms. The molecular formula is C14H18BrN3. The molecule has 96 valence electrons. The monoisotopic (exact) mass is 307 g/mol. The van der Waals surface area contributed by atoms with Gasteiger partial charge in [0.05, 0.1) is 11.7 Å². The molecule has 0 spiro atoms. The quantitative estimate of drug-likeness (QED) is 0.917. The highest BCUT2D eigenvalue weighted by Crippen LogP contribution is 2.28. The van der Waals surface area contributed by atoms with Crippen LogP contribution < -0.4 is 5.73 Å². The van der Waals surface area contributed by atoms with Gasteiger partial charge < -0.3 is 5.73 Å². The molecule has 0 saturated carbocycles. The summed E-state index contributed by atoms with van der Waals surface area (Å²) in [5.74, 6) is 0. The van der Waals surface area contributed by atoms with Gasteiger partial charge in [0.2, 0.25) is 0 Å². The van der Waals surface area contributed by atoms with E-state index in [0.29, 0.717) is 6.04 Å². The molecule has 4 heteroatoms. The van der Waals surface area contributed by atoms with Crippen molar-refractivity contribution in [2.24, 2.45) is 0 Å². The van der Waals surface area contributed by atoms with Crippen molar-refractivity contribution < 1.29 is 0 Å². The highest BCUT2D eigenvalue weighted by Gasteiger charge is 2.13. The lowest BCUT2D eigenvalue weighted by molar-refractivity contribution is 0.429. The van der Waals surface area contributed by atoms with Crippen molar-refractivity contribution in [3.8, 4) is 11.3 Å². The number of benzene rings is 1. The van der Waals surface area contributed by atoms with E-state index in [4.69, 9.17) is 5.73 Å². The fraction of sp³-hybridized carbons (Fsp3) is 0.357. The Morgan fingerprint density at radius 2 is 2.06 bits per heavy atom. The van der Waals surface area contributed by atoms with Gasteiger partial charge in [-0.05, 0) is 25.0 Å². The summed E-state index contributed by atoms with van der Waals surface area (Å²) >= 11 is 3.47. The first-order chi connectivity index (χ1) is 8.65. The Hall–Kier alpha value is -1.29. The molecule has 1 heterocycles. The lowest BCUT2D eigenvalue weighted by Crippen LogP contribution is -2.07. The molecular weight excluding hydrogens is 290 g/mol. The van der Waals surface area contributed by atoms with E-state index < -0.39 is 0 Å². The summed E-state index contributed by atoms with van der Waals surface area (Å²) in [7, 11) is 0. The Morgan fingerprint density at radius 3 is 2.67 bits per heavy atom. The second-order valence-electron chi connectivity index (χ2n) is 4.39. The van der Waals surface area contributed by atoms with Crippen LogP contribution in [0, 0.1) is 0 Å². The van der Waals surface area contributed by atoms with Crippen LogP contribution in [0.1, 0.15) is 32.7 Å². The molecule has 0 saturated heterocycles. The van der Waals surface area contributed by atoms with Gasteiger partial charge in [0.1, 0.15) is 5.69 Å². The van der Waals surface area contributed by atoms with Crippen molar-refractivity contribution in [3.05, 3.63) is 34.9 Å². The summed E-state index contributed by atoms with van der Waals surface area (Å²) in [4.78, 5) is 0. The predicted octanol–water partition coefficient (Wildman–Crippen LogP) is 4.26. The third-order valence-corrected chi connectivity index (χ3v) is 3.67. The van der Waals surface area contributed by atoms with Gasteiger partial charge in [0.15, 0.2) is 0 Å². The number of hydrogen-bond donors (Lipinski definition) is 1. The molecule has 0 unspecified atom stereocenters. The predicted molar refractivity (Wildman–Crippen MR) is 79.4 cm³/mol. The summed E-state index contributed by atoms with van der Waals surface area (Å²) < 4.78 is 3.03. The van der Waals surface area contributed by atoms with Gasteiger partial charge in [-0.2, -0.15) is 5.10 Å². The van der Waals surface area contributed by atoms with Crippen LogP contribution in [-0.2, 0) is 0 Å². The molecule has 3 nitrogen and oxygen atoms in total. The molecule has 0 atom stereocenters. The smallest absolute Gasteiger partial charge is 0.115 e. The van der Waals surface area contributed by atoms with Gasteiger partial charge in [-0.3, -0.25) is 4.68 Å². The fourth-order valence-corrected chi connectivity index (χ4v) is 2.51. The van der Waals surface area contributed by atoms with E-state index in [2.05, 4.69) is 34.9 Å². The van der Waals surface area contributed by atoms with Gasteiger partial charge in [-0.15, -0.1) is 0 Å². The standard InChI is InChI=1S/C14H18BrN3/c1-3-12(4-2)18-9-13(16)14(17-18)10-6-5-7-11(15)8-10/h5-9,12H,3-4,16H2,1-2H3. The number of halogens is 1. The number of anilines is 1. The summed E-state index contributed by atoms with van der Waals surface area (Å²) in [5, 5.41) is 4.63. The fourth-order valence-electron chi connectivity index (χ4n) is 2.12. The molecule has 2 rings (SSSR count). The Kier molecular flexibility index (Phi) is 4.07. The third kappa shape index (κ3) is 2.58. The van der Waals surface area contributed by atoms with E-state index in [0.717, 1.165) is 34.3 Å². The van der Waals surface area contributed by atoms with Crippen LogP contribution in [-0.4, -0.2) is 9.78 Å². The van der Waals surface area contributed by atoms with Crippen LogP contribution in [0.3, 0.4) is 0 Å². The molecule has 0 aliphatic heterocycles. The summed E-state index contributed by atoms with van der Waals surface area (Å²) in [6.07, 6.45) is 4.07. The Balaban J connectivity index is 2.40. The Morgan fingerprint density at radius 1 is 1.33 bits per heavy atom. The van der Waals surface area contributed by atoms with Crippen LogP contribution in [0.5, 0.6) is 0 Å². The maximum Gasteiger partial charge on any atom is 0.115 e. The first-order valence-corrected chi connectivity index (χ1v) is 7.05. The molecule has 0 fully saturated rings. The molecule has 0 amide bonds. The van der Waals surface area contributed by atoms with Crippen molar-refractivity contribution in [3.63, 3.8) is 0 Å².